The number of benzene rings is 2. The van der Waals surface area contributed by atoms with Gasteiger partial charge < -0.3 is 24.8 Å². The lowest BCUT2D eigenvalue weighted by atomic mass is 9.95. The number of halogens is 2. The average Bonchev–Trinajstić information content (AvgIpc) is 2.86. The van der Waals surface area contributed by atoms with Crippen LogP contribution in [0.5, 0.6) is 11.5 Å². The number of hydrazone groups is 1. The van der Waals surface area contributed by atoms with E-state index in [1.165, 1.54) is 6.21 Å². The van der Waals surface area contributed by atoms with Crippen molar-refractivity contribution in [3.63, 3.8) is 0 Å². The first-order chi connectivity index (χ1) is 18.2. The van der Waals surface area contributed by atoms with Gasteiger partial charge in [-0.2, -0.15) is 5.10 Å². The molecule has 1 aliphatic rings. The molecule has 12 heteroatoms. The molecule has 198 valence electrons. The van der Waals surface area contributed by atoms with Crippen molar-refractivity contribution in [1.29, 1.82) is 0 Å². The predicted octanol–water partition coefficient (Wildman–Crippen LogP) is 4.11. The molecular formula is C26H24Br2N4O5S. The fourth-order valence-corrected chi connectivity index (χ4v) is 5.19. The summed E-state index contributed by atoms with van der Waals surface area (Å²) in [6, 6.07) is 9.99. The van der Waals surface area contributed by atoms with Crippen molar-refractivity contribution in [2.45, 2.75) is 19.9 Å². The van der Waals surface area contributed by atoms with Crippen LogP contribution in [0.3, 0.4) is 0 Å². The topological polar surface area (TPSA) is 110 Å². The lowest BCUT2D eigenvalue weighted by molar-refractivity contribution is -0.139. The molecule has 2 aromatic rings. The number of carbonyl (C=O) groups is 2. The number of allylic oxidation sites excluding steroid dienone is 1. The van der Waals surface area contributed by atoms with Crippen molar-refractivity contribution in [2.75, 3.05) is 19.8 Å². The minimum Gasteiger partial charge on any atom is -0.483 e. The minimum atomic E-state index is -0.628. The van der Waals surface area contributed by atoms with E-state index >= 15 is 0 Å². The Morgan fingerprint density at radius 1 is 1.26 bits per heavy atom. The van der Waals surface area contributed by atoms with Crippen LogP contribution in [0.4, 0.5) is 0 Å². The van der Waals surface area contributed by atoms with E-state index in [-0.39, 0.29) is 19.8 Å². The molecule has 0 bridgehead atoms. The highest BCUT2D eigenvalue weighted by molar-refractivity contribution is 9.11. The summed E-state index contributed by atoms with van der Waals surface area (Å²) in [5.74, 6) is 2.31. The molecule has 2 aromatic carbocycles. The van der Waals surface area contributed by atoms with Gasteiger partial charge in [0.15, 0.2) is 11.7 Å². The summed E-state index contributed by atoms with van der Waals surface area (Å²) < 4.78 is 18.1. The van der Waals surface area contributed by atoms with Gasteiger partial charge in [-0.15, -0.1) is 6.42 Å². The SMILES string of the molecule is C#CCOc1c(Br)cc(Br)cc1C=NNC(=O)COc1ccccc1[C@@H]1NC(=S)NC(C)=C1C(=O)OCC. The molecule has 0 aromatic heterocycles. The number of esters is 1. The van der Waals surface area contributed by atoms with E-state index in [0.29, 0.717) is 43.5 Å². The number of hydrogen-bond acceptors (Lipinski definition) is 7. The standard InChI is InChI=1S/C26H24Br2N4O5S/c1-4-10-36-24-16(11-17(27)12-19(24)28)13-29-32-21(33)14-37-20-9-7-6-8-18(20)23-22(25(34)35-5-2)15(3)30-26(38)31-23/h1,6-9,11-13,23H,5,10,14H2,2-3H3,(H,32,33)(H2,30,31,38)/t23-/m0/s1. The Labute approximate surface area is 242 Å². The zero-order chi connectivity index (χ0) is 27.7. The molecule has 3 N–H and O–H groups in total. The van der Waals surface area contributed by atoms with Crippen LogP contribution in [-0.4, -0.2) is 43.0 Å². The van der Waals surface area contributed by atoms with Gasteiger partial charge in [-0.05, 0) is 60.2 Å². The van der Waals surface area contributed by atoms with E-state index in [4.69, 9.17) is 32.9 Å². The van der Waals surface area contributed by atoms with Crippen molar-refractivity contribution in [1.82, 2.24) is 16.1 Å². The fraction of sp³-hybridized carbons (Fsp3) is 0.231. The molecule has 1 aliphatic heterocycles. The zero-order valence-corrected chi connectivity index (χ0v) is 24.5. The van der Waals surface area contributed by atoms with Crippen molar-refractivity contribution in [3.8, 4) is 23.8 Å². The Morgan fingerprint density at radius 3 is 2.76 bits per heavy atom. The van der Waals surface area contributed by atoms with E-state index in [1.54, 1.807) is 50.2 Å². The number of rotatable bonds is 10. The Morgan fingerprint density at radius 2 is 2.03 bits per heavy atom. The number of thiocarbonyl (C=S) groups is 1. The van der Waals surface area contributed by atoms with Crippen LogP contribution < -0.4 is 25.5 Å². The van der Waals surface area contributed by atoms with Gasteiger partial charge in [0.1, 0.15) is 18.1 Å². The van der Waals surface area contributed by atoms with E-state index in [1.807, 2.05) is 0 Å². The number of terminal acetylenes is 1. The van der Waals surface area contributed by atoms with Crippen molar-refractivity contribution in [3.05, 3.63) is 67.7 Å². The molecule has 0 unspecified atom stereocenters. The maximum atomic E-state index is 12.7. The Balaban J connectivity index is 1.73. The summed E-state index contributed by atoms with van der Waals surface area (Å²) in [5, 5.41) is 10.4. The predicted molar refractivity (Wildman–Crippen MR) is 155 cm³/mol. The van der Waals surface area contributed by atoms with Gasteiger partial charge in [-0.1, -0.05) is 40.0 Å². The first kappa shape index (κ1) is 29.2. The molecular weight excluding hydrogens is 640 g/mol. The molecule has 1 heterocycles. The molecule has 0 spiro atoms. The molecule has 0 radical (unpaired) electrons. The molecule has 0 saturated carbocycles. The smallest absolute Gasteiger partial charge is 0.338 e. The van der Waals surface area contributed by atoms with E-state index in [9.17, 15) is 9.59 Å². The van der Waals surface area contributed by atoms with Gasteiger partial charge in [0.2, 0.25) is 0 Å². The molecule has 0 fully saturated rings. The highest BCUT2D eigenvalue weighted by Crippen LogP contribution is 2.34. The van der Waals surface area contributed by atoms with Crippen LogP contribution in [0.15, 0.2) is 61.7 Å². The first-order valence-electron chi connectivity index (χ1n) is 11.3. The number of carbonyl (C=O) groups excluding carboxylic acids is 2. The third kappa shape index (κ3) is 7.56. The summed E-state index contributed by atoms with van der Waals surface area (Å²) in [6.07, 6.45) is 6.73. The number of hydrogen-bond donors (Lipinski definition) is 3. The highest BCUT2D eigenvalue weighted by Gasteiger charge is 2.32. The normalized spacial score (nSPS) is 14.8. The van der Waals surface area contributed by atoms with Crippen molar-refractivity contribution >= 4 is 67.3 Å². The number of nitrogens with zero attached hydrogens (tertiary/aromatic N) is 1. The van der Waals surface area contributed by atoms with Gasteiger partial charge >= 0.3 is 5.97 Å². The van der Waals surface area contributed by atoms with Crippen LogP contribution in [0.25, 0.3) is 0 Å². The second kappa shape index (κ2) is 13.9. The third-order valence-electron chi connectivity index (χ3n) is 5.08. The van der Waals surface area contributed by atoms with Crippen molar-refractivity contribution in [2.24, 2.45) is 5.10 Å². The maximum Gasteiger partial charge on any atom is 0.338 e. The largest absolute Gasteiger partial charge is 0.483 e. The molecule has 0 saturated heterocycles. The van der Waals surface area contributed by atoms with Gasteiger partial charge in [-0.3, -0.25) is 4.79 Å². The van der Waals surface area contributed by atoms with Crippen LogP contribution in [0.2, 0.25) is 0 Å². The lowest BCUT2D eigenvalue weighted by Crippen LogP contribution is -2.45. The molecule has 1 amide bonds. The van der Waals surface area contributed by atoms with E-state index < -0.39 is 17.9 Å². The molecule has 9 nitrogen and oxygen atoms in total. The summed E-state index contributed by atoms with van der Waals surface area (Å²) in [6.45, 7) is 3.44. The van der Waals surface area contributed by atoms with Gasteiger partial charge in [0, 0.05) is 21.3 Å². The quantitative estimate of drug-likeness (QED) is 0.115. The van der Waals surface area contributed by atoms with Gasteiger partial charge in [0.05, 0.1) is 28.9 Å². The third-order valence-corrected chi connectivity index (χ3v) is 6.35. The number of amides is 1. The summed E-state index contributed by atoms with van der Waals surface area (Å²) in [5.41, 5.74) is 4.58. The average molecular weight is 664 g/mol. The van der Waals surface area contributed by atoms with E-state index in [0.717, 1.165) is 4.47 Å². The lowest BCUT2D eigenvalue weighted by Gasteiger charge is -2.30. The summed E-state index contributed by atoms with van der Waals surface area (Å²) in [4.78, 5) is 25.2. The first-order valence-corrected chi connectivity index (χ1v) is 13.3. The van der Waals surface area contributed by atoms with Crippen molar-refractivity contribution < 1.29 is 23.8 Å². The van der Waals surface area contributed by atoms with Gasteiger partial charge in [0.25, 0.3) is 5.91 Å². The molecule has 1 atom stereocenters. The molecule has 38 heavy (non-hydrogen) atoms. The minimum absolute atomic E-state index is 0.0733. The summed E-state index contributed by atoms with van der Waals surface area (Å²) in [7, 11) is 0. The number of ether oxygens (including phenoxy) is 3. The fourth-order valence-electron chi connectivity index (χ4n) is 3.55. The van der Waals surface area contributed by atoms with Crippen LogP contribution in [-0.2, 0) is 14.3 Å². The Kier molecular flexibility index (Phi) is 10.7. The summed E-state index contributed by atoms with van der Waals surface area (Å²) >= 11 is 12.1. The maximum absolute atomic E-state index is 12.7. The number of para-hydroxylation sites is 1. The Bertz CT molecular complexity index is 1340. The molecule has 0 aliphatic carbocycles. The second-order valence-corrected chi connectivity index (χ2v) is 9.89. The Hall–Kier alpha value is -3.40. The monoisotopic (exact) mass is 662 g/mol. The number of nitrogens with one attached hydrogen (secondary N) is 3. The second-order valence-electron chi connectivity index (χ2n) is 7.71. The van der Waals surface area contributed by atoms with Crippen LogP contribution >= 0.6 is 44.1 Å². The van der Waals surface area contributed by atoms with Gasteiger partial charge in [-0.25, -0.2) is 10.2 Å². The van der Waals surface area contributed by atoms with Crippen LogP contribution in [0, 0.1) is 12.3 Å². The van der Waals surface area contributed by atoms with E-state index in [2.05, 4.69) is 58.9 Å². The zero-order valence-electron chi connectivity index (χ0n) is 20.5. The highest BCUT2D eigenvalue weighted by atomic mass is 79.9. The molecule has 3 rings (SSSR count). The van der Waals surface area contributed by atoms with Crippen LogP contribution in [0.1, 0.15) is 31.0 Å².